The minimum absolute atomic E-state index is 0.0618. The molecule has 0 aliphatic rings. The third-order valence-electron chi connectivity index (χ3n) is 2.36. The molecule has 1 atom stereocenters. The molecular formula is C11H8F4N2O4. The average Bonchev–Trinajstić information content (AvgIpc) is 2.38. The van der Waals surface area contributed by atoms with Gasteiger partial charge in [-0.2, -0.15) is 0 Å². The third kappa shape index (κ3) is 3.68. The maximum Gasteiger partial charge on any atom is 0.326 e. The highest BCUT2D eigenvalue weighted by molar-refractivity contribution is 5.97. The summed E-state index contributed by atoms with van der Waals surface area (Å²) >= 11 is 0. The van der Waals surface area contributed by atoms with Crippen LogP contribution in [0.3, 0.4) is 0 Å². The molecule has 0 bridgehead atoms. The lowest BCUT2D eigenvalue weighted by Gasteiger charge is -2.13. The molecule has 4 N–H and O–H groups in total. The lowest BCUT2D eigenvalue weighted by atomic mass is 10.1. The summed E-state index contributed by atoms with van der Waals surface area (Å²) in [6.07, 6.45) is -0.825. The Kier molecular flexibility index (Phi) is 4.84. The molecule has 0 aliphatic heterocycles. The monoisotopic (exact) mass is 308 g/mol. The number of hydrogen-bond donors (Lipinski definition) is 3. The number of carbonyl (C=O) groups excluding carboxylic acids is 2. The van der Waals surface area contributed by atoms with Crippen LogP contribution in [0.5, 0.6) is 0 Å². The summed E-state index contributed by atoms with van der Waals surface area (Å²) in [5, 5.41) is 10.4. The molecule has 6 nitrogen and oxygen atoms in total. The van der Waals surface area contributed by atoms with Gasteiger partial charge in [-0.1, -0.05) is 0 Å². The molecule has 0 heterocycles. The van der Waals surface area contributed by atoms with E-state index in [0.717, 1.165) is 0 Å². The first kappa shape index (κ1) is 16.4. The van der Waals surface area contributed by atoms with E-state index in [4.69, 9.17) is 10.8 Å². The van der Waals surface area contributed by atoms with Gasteiger partial charge in [0.2, 0.25) is 5.91 Å². The zero-order chi connectivity index (χ0) is 16.3. The van der Waals surface area contributed by atoms with Crippen molar-refractivity contribution in [1.29, 1.82) is 0 Å². The summed E-state index contributed by atoms with van der Waals surface area (Å²) in [5.41, 5.74) is 3.50. The van der Waals surface area contributed by atoms with Crippen molar-refractivity contribution in [3.05, 3.63) is 34.9 Å². The second-order valence-electron chi connectivity index (χ2n) is 3.88. The van der Waals surface area contributed by atoms with Gasteiger partial charge in [-0.25, -0.2) is 22.4 Å². The predicted molar refractivity (Wildman–Crippen MR) is 59.0 cm³/mol. The van der Waals surface area contributed by atoms with E-state index in [-0.39, 0.29) is 6.07 Å². The van der Waals surface area contributed by atoms with Gasteiger partial charge in [0.05, 0.1) is 12.0 Å². The van der Waals surface area contributed by atoms with Crippen LogP contribution in [0.1, 0.15) is 16.8 Å². The Balaban J connectivity index is 3.09. The first-order chi connectivity index (χ1) is 9.65. The van der Waals surface area contributed by atoms with Crippen LogP contribution in [0, 0.1) is 23.3 Å². The summed E-state index contributed by atoms with van der Waals surface area (Å²) in [7, 11) is 0. The molecule has 0 saturated heterocycles. The van der Waals surface area contributed by atoms with Crippen LogP contribution < -0.4 is 11.1 Å². The zero-order valence-corrected chi connectivity index (χ0v) is 10.1. The lowest BCUT2D eigenvalue weighted by Crippen LogP contribution is -2.43. The van der Waals surface area contributed by atoms with Crippen molar-refractivity contribution in [2.45, 2.75) is 12.5 Å². The first-order valence-electron chi connectivity index (χ1n) is 5.30. The van der Waals surface area contributed by atoms with Gasteiger partial charge in [-0.15, -0.1) is 0 Å². The number of hydrogen-bond acceptors (Lipinski definition) is 3. The van der Waals surface area contributed by atoms with Crippen LogP contribution in [-0.4, -0.2) is 28.9 Å². The molecule has 21 heavy (non-hydrogen) atoms. The molecule has 0 saturated carbocycles. The Morgan fingerprint density at radius 3 is 2.19 bits per heavy atom. The number of amides is 2. The van der Waals surface area contributed by atoms with E-state index in [1.54, 1.807) is 5.32 Å². The Labute approximate surface area is 114 Å². The Morgan fingerprint density at radius 2 is 1.71 bits per heavy atom. The van der Waals surface area contributed by atoms with Crippen LogP contribution in [0.25, 0.3) is 0 Å². The maximum absolute atomic E-state index is 13.3. The summed E-state index contributed by atoms with van der Waals surface area (Å²) in [4.78, 5) is 32.9. The number of primary amides is 1. The number of carbonyl (C=O) groups is 3. The SMILES string of the molecule is NC(=O)C[C@H](NC(=O)c1cc(F)c(F)c(F)c1F)C(=O)O. The van der Waals surface area contributed by atoms with E-state index < -0.39 is 59.1 Å². The number of aliphatic carboxylic acids is 1. The van der Waals surface area contributed by atoms with Gasteiger partial charge in [0, 0.05) is 0 Å². The van der Waals surface area contributed by atoms with E-state index in [9.17, 15) is 31.9 Å². The number of halogens is 4. The second-order valence-corrected chi connectivity index (χ2v) is 3.88. The zero-order valence-electron chi connectivity index (χ0n) is 10.1. The van der Waals surface area contributed by atoms with Gasteiger partial charge in [-0.05, 0) is 6.07 Å². The average molecular weight is 308 g/mol. The molecule has 0 aliphatic carbocycles. The van der Waals surface area contributed by atoms with Crippen molar-refractivity contribution < 1.29 is 37.1 Å². The van der Waals surface area contributed by atoms with Crippen molar-refractivity contribution in [3.63, 3.8) is 0 Å². The number of rotatable bonds is 5. The predicted octanol–water partition coefficient (Wildman–Crippen LogP) is 0.301. The largest absolute Gasteiger partial charge is 0.480 e. The number of carboxylic acids is 1. The van der Waals surface area contributed by atoms with Crippen LogP contribution in [-0.2, 0) is 9.59 Å². The van der Waals surface area contributed by atoms with Gasteiger partial charge < -0.3 is 16.2 Å². The molecule has 2 amide bonds. The smallest absolute Gasteiger partial charge is 0.326 e. The summed E-state index contributed by atoms with van der Waals surface area (Å²) in [6, 6.07) is -1.77. The Bertz CT molecular complexity index is 621. The molecule has 0 aromatic heterocycles. The van der Waals surface area contributed by atoms with Crippen molar-refractivity contribution in [2.75, 3.05) is 0 Å². The second kappa shape index (κ2) is 6.20. The quantitative estimate of drug-likeness (QED) is 0.413. The maximum atomic E-state index is 13.3. The minimum atomic E-state index is -2.22. The van der Waals surface area contributed by atoms with E-state index >= 15 is 0 Å². The van der Waals surface area contributed by atoms with E-state index in [2.05, 4.69) is 0 Å². The molecule has 0 spiro atoms. The normalized spacial score (nSPS) is 11.8. The van der Waals surface area contributed by atoms with Gasteiger partial charge in [-0.3, -0.25) is 9.59 Å². The lowest BCUT2D eigenvalue weighted by molar-refractivity contribution is -0.140. The third-order valence-corrected chi connectivity index (χ3v) is 2.36. The molecule has 1 aromatic carbocycles. The summed E-state index contributed by atoms with van der Waals surface area (Å²) in [5.74, 6) is -12.5. The number of benzene rings is 1. The number of nitrogens with one attached hydrogen (secondary N) is 1. The van der Waals surface area contributed by atoms with Crippen molar-refractivity contribution in [1.82, 2.24) is 5.32 Å². The molecule has 0 fully saturated rings. The van der Waals surface area contributed by atoms with Gasteiger partial charge >= 0.3 is 5.97 Å². The molecule has 0 unspecified atom stereocenters. The minimum Gasteiger partial charge on any atom is -0.480 e. The summed E-state index contributed by atoms with van der Waals surface area (Å²) < 4.78 is 51.9. The van der Waals surface area contributed by atoms with Crippen molar-refractivity contribution in [3.8, 4) is 0 Å². The molecule has 1 aromatic rings. The van der Waals surface area contributed by atoms with Crippen molar-refractivity contribution in [2.24, 2.45) is 5.73 Å². The van der Waals surface area contributed by atoms with Crippen molar-refractivity contribution >= 4 is 17.8 Å². The van der Waals surface area contributed by atoms with Crippen LogP contribution in [0.2, 0.25) is 0 Å². The highest BCUT2D eigenvalue weighted by atomic mass is 19.2. The molecule has 10 heteroatoms. The molecule has 114 valence electrons. The fraction of sp³-hybridized carbons (Fsp3) is 0.182. The van der Waals surface area contributed by atoms with Gasteiger partial charge in [0.25, 0.3) is 5.91 Å². The number of nitrogens with two attached hydrogens (primary N) is 1. The summed E-state index contributed by atoms with van der Waals surface area (Å²) in [6.45, 7) is 0. The van der Waals surface area contributed by atoms with Gasteiger partial charge in [0.1, 0.15) is 6.04 Å². The fourth-order valence-corrected chi connectivity index (χ4v) is 1.38. The Hall–Kier alpha value is -2.65. The molecule has 1 rings (SSSR count). The van der Waals surface area contributed by atoms with E-state index in [1.807, 2.05) is 0 Å². The van der Waals surface area contributed by atoms with Crippen LogP contribution >= 0.6 is 0 Å². The topological polar surface area (TPSA) is 109 Å². The van der Waals surface area contributed by atoms with Gasteiger partial charge in [0.15, 0.2) is 23.3 Å². The highest BCUT2D eigenvalue weighted by Crippen LogP contribution is 2.18. The van der Waals surface area contributed by atoms with E-state index in [0.29, 0.717) is 0 Å². The molecular weight excluding hydrogens is 300 g/mol. The van der Waals surface area contributed by atoms with Crippen LogP contribution in [0.4, 0.5) is 17.6 Å². The van der Waals surface area contributed by atoms with E-state index in [1.165, 1.54) is 0 Å². The number of carboxylic acid groups (broad SMARTS) is 1. The highest BCUT2D eigenvalue weighted by Gasteiger charge is 2.27. The standard InChI is InChI=1S/C11H8F4N2O4/c12-4-1-3(7(13)9(15)8(4)14)10(19)17-5(11(20)21)2-6(16)18/h1,5H,2H2,(H2,16,18)(H,17,19)(H,20,21)/t5-/m0/s1. The Morgan fingerprint density at radius 1 is 1.14 bits per heavy atom. The first-order valence-corrected chi connectivity index (χ1v) is 5.30. The van der Waals surface area contributed by atoms with Crippen LogP contribution in [0.15, 0.2) is 6.07 Å². The molecule has 0 radical (unpaired) electrons. The fourth-order valence-electron chi connectivity index (χ4n) is 1.38.